The first kappa shape index (κ1) is 47.7. The van der Waals surface area contributed by atoms with Crippen molar-refractivity contribution in [3.05, 3.63) is 0 Å². The van der Waals surface area contributed by atoms with Crippen LogP contribution in [-0.4, -0.2) is 106 Å². The second-order valence-corrected chi connectivity index (χ2v) is 13.0. The Morgan fingerprint density at radius 1 is 0.167 bits per heavy atom. The molecule has 0 saturated heterocycles. The second kappa shape index (κ2) is 46.7. The molecule has 0 amide bonds. The Morgan fingerprint density at radius 2 is 0.312 bits per heavy atom. The summed E-state index contributed by atoms with van der Waals surface area (Å²) in [6.07, 6.45) is 29.9. The third kappa shape index (κ3) is 45.7. The molecule has 48 heavy (non-hydrogen) atoms. The van der Waals surface area contributed by atoms with Crippen LogP contribution in [0.5, 0.6) is 0 Å². The van der Waals surface area contributed by atoms with Gasteiger partial charge in [0.05, 0.1) is 92.5 Å². The van der Waals surface area contributed by atoms with Crippen molar-refractivity contribution >= 4 is 0 Å². The van der Waals surface area contributed by atoms with Crippen molar-refractivity contribution in [2.75, 3.05) is 106 Å². The Balaban J connectivity index is 3.04. The Labute approximate surface area is 298 Å². The van der Waals surface area contributed by atoms with Gasteiger partial charge in [-0.3, -0.25) is 0 Å². The molecule has 8 nitrogen and oxygen atoms in total. The quantitative estimate of drug-likeness (QED) is 0.0585. The molecule has 0 aromatic carbocycles. The van der Waals surface area contributed by atoms with Gasteiger partial charge in [0.2, 0.25) is 0 Å². The Hall–Kier alpha value is -0.320. The molecule has 0 fully saturated rings. The summed E-state index contributed by atoms with van der Waals surface area (Å²) >= 11 is 0. The first-order valence-electron chi connectivity index (χ1n) is 20.5. The van der Waals surface area contributed by atoms with Crippen molar-refractivity contribution < 1.29 is 37.9 Å². The van der Waals surface area contributed by atoms with Crippen LogP contribution >= 0.6 is 0 Å². The van der Waals surface area contributed by atoms with Crippen LogP contribution in [0.15, 0.2) is 0 Å². The summed E-state index contributed by atoms with van der Waals surface area (Å²) in [4.78, 5) is 0. The molecule has 290 valence electrons. The molecule has 0 spiro atoms. The monoisotopic (exact) mass is 691 g/mol. The van der Waals surface area contributed by atoms with E-state index in [1.807, 2.05) is 0 Å². The van der Waals surface area contributed by atoms with Crippen LogP contribution in [-0.2, 0) is 37.9 Å². The van der Waals surface area contributed by atoms with Crippen LogP contribution in [0.2, 0.25) is 0 Å². The predicted molar refractivity (Wildman–Crippen MR) is 199 cm³/mol. The first-order chi connectivity index (χ1) is 23.9. The molecular formula is C40H82O8. The molecule has 0 heterocycles. The molecule has 0 aliphatic rings. The lowest BCUT2D eigenvalue weighted by Gasteiger charge is -2.09. The van der Waals surface area contributed by atoms with E-state index in [1.54, 1.807) is 0 Å². The van der Waals surface area contributed by atoms with Crippen LogP contribution in [0.4, 0.5) is 0 Å². The van der Waals surface area contributed by atoms with Gasteiger partial charge < -0.3 is 37.9 Å². The lowest BCUT2D eigenvalue weighted by Crippen LogP contribution is -2.15. The summed E-state index contributed by atoms with van der Waals surface area (Å²) in [5.74, 6) is 0. The van der Waals surface area contributed by atoms with Crippen molar-refractivity contribution in [2.45, 2.75) is 155 Å². The summed E-state index contributed by atoms with van der Waals surface area (Å²) in [5, 5.41) is 0. The van der Waals surface area contributed by atoms with Gasteiger partial charge in [0.1, 0.15) is 0 Å². The maximum absolute atomic E-state index is 5.67. The molecule has 0 bridgehead atoms. The molecule has 0 aromatic rings. The number of ether oxygens (including phenoxy) is 8. The Morgan fingerprint density at radius 3 is 0.500 bits per heavy atom. The average Bonchev–Trinajstić information content (AvgIpc) is 3.10. The van der Waals surface area contributed by atoms with E-state index in [1.165, 1.54) is 128 Å². The number of hydrogen-bond acceptors (Lipinski definition) is 8. The topological polar surface area (TPSA) is 73.8 Å². The molecule has 0 unspecified atom stereocenters. The van der Waals surface area contributed by atoms with Crippen LogP contribution in [0.1, 0.15) is 155 Å². The van der Waals surface area contributed by atoms with E-state index < -0.39 is 0 Å². The molecule has 0 aliphatic heterocycles. The summed E-state index contributed by atoms with van der Waals surface area (Å²) < 4.78 is 44.6. The van der Waals surface area contributed by atoms with Crippen molar-refractivity contribution in [3.8, 4) is 0 Å². The van der Waals surface area contributed by atoms with Gasteiger partial charge in [-0.05, 0) is 12.8 Å². The van der Waals surface area contributed by atoms with Crippen LogP contribution in [0, 0.1) is 0 Å². The first-order valence-corrected chi connectivity index (χ1v) is 20.5. The minimum Gasteiger partial charge on any atom is -0.379 e. The fourth-order valence-corrected chi connectivity index (χ4v) is 5.38. The van der Waals surface area contributed by atoms with Gasteiger partial charge in [-0.25, -0.2) is 0 Å². The third-order valence-corrected chi connectivity index (χ3v) is 8.39. The number of rotatable bonds is 45. The predicted octanol–water partition coefficient (Wildman–Crippen LogP) is 9.74. The highest BCUT2D eigenvalue weighted by atomic mass is 16.6. The van der Waals surface area contributed by atoms with Crippen LogP contribution < -0.4 is 0 Å². The molecule has 0 aromatic heterocycles. The van der Waals surface area contributed by atoms with Crippen molar-refractivity contribution in [3.63, 3.8) is 0 Å². The fourth-order valence-electron chi connectivity index (χ4n) is 5.38. The van der Waals surface area contributed by atoms with E-state index in [0.717, 1.165) is 26.1 Å². The summed E-state index contributed by atoms with van der Waals surface area (Å²) in [5.41, 5.74) is 0. The molecular weight excluding hydrogens is 608 g/mol. The highest BCUT2D eigenvalue weighted by molar-refractivity contribution is 4.49. The molecule has 0 atom stereocenters. The smallest absolute Gasteiger partial charge is 0.0701 e. The minimum atomic E-state index is 0.554. The van der Waals surface area contributed by atoms with Gasteiger partial charge in [0, 0.05) is 13.2 Å². The molecule has 0 aliphatic carbocycles. The van der Waals surface area contributed by atoms with Gasteiger partial charge in [-0.15, -0.1) is 0 Å². The van der Waals surface area contributed by atoms with Gasteiger partial charge in [-0.1, -0.05) is 142 Å². The third-order valence-electron chi connectivity index (χ3n) is 8.39. The van der Waals surface area contributed by atoms with Crippen LogP contribution in [0.3, 0.4) is 0 Å². The highest BCUT2D eigenvalue weighted by Crippen LogP contribution is 2.12. The minimum absolute atomic E-state index is 0.554. The zero-order valence-electron chi connectivity index (χ0n) is 32.1. The van der Waals surface area contributed by atoms with Gasteiger partial charge in [-0.2, -0.15) is 0 Å². The van der Waals surface area contributed by atoms with Crippen molar-refractivity contribution in [1.29, 1.82) is 0 Å². The molecule has 0 saturated carbocycles. The Bertz CT molecular complexity index is 493. The zero-order valence-corrected chi connectivity index (χ0v) is 32.1. The average molecular weight is 691 g/mol. The lowest BCUT2D eigenvalue weighted by molar-refractivity contribution is -0.0232. The largest absolute Gasteiger partial charge is 0.379 e. The van der Waals surface area contributed by atoms with E-state index in [9.17, 15) is 0 Å². The summed E-state index contributed by atoms with van der Waals surface area (Å²) in [6.45, 7) is 14.5. The molecule has 0 rings (SSSR count). The number of unbranched alkanes of at least 4 members (excludes halogenated alkanes) is 20. The molecule has 0 N–H and O–H groups in total. The van der Waals surface area contributed by atoms with Gasteiger partial charge >= 0.3 is 0 Å². The highest BCUT2D eigenvalue weighted by Gasteiger charge is 1.98. The summed E-state index contributed by atoms with van der Waals surface area (Å²) in [7, 11) is 0. The lowest BCUT2D eigenvalue weighted by atomic mass is 10.1. The summed E-state index contributed by atoms with van der Waals surface area (Å²) in [6, 6.07) is 0. The fraction of sp³-hybridized carbons (Fsp3) is 1.00. The van der Waals surface area contributed by atoms with E-state index in [-0.39, 0.29) is 0 Å². The zero-order chi connectivity index (χ0) is 34.5. The van der Waals surface area contributed by atoms with Crippen molar-refractivity contribution in [2.24, 2.45) is 0 Å². The van der Waals surface area contributed by atoms with Crippen molar-refractivity contribution in [1.82, 2.24) is 0 Å². The normalized spacial score (nSPS) is 11.6. The standard InChI is InChI=1S/C40H82O8/c1-3-5-7-9-11-13-15-17-19-21-23-25-41-27-29-43-31-33-45-35-37-47-39-40-48-38-36-46-34-32-44-30-28-42-26-24-22-20-18-16-14-12-10-8-6-4-2/h3-40H2,1-2H3. The Kier molecular flexibility index (Phi) is 46.4. The molecule has 0 radical (unpaired) electrons. The maximum atomic E-state index is 5.67. The van der Waals surface area contributed by atoms with Crippen LogP contribution in [0.25, 0.3) is 0 Å². The second-order valence-electron chi connectivity index (χ2n) is 13.0. The van der Waals surface area contributed by atoms with Gasteiger partial charge in [0.25, 0.3) is 0 Å². The maximum Gasteiger partial charge on any atom is 0.0701 e. The SMILES string of the molecule is CCCCCCCCCCCCCOCCOCCOCCOCCOCCOCCOCCOCCCCCCCCCCCCC. The van der Waals surface area contributed by atoms with E-state index in [2.05, 4.69) is 13.8 Å². The van der Waals surface area contributed by atoms with E-state index in [4.69, 9.17) is 37.9 Å². The molecule has 8 heteroatoms. The number of hydrogen-bond donors (Lipinski definition) is 0. The van der Waals surface area contributed by atoms with E-state index >= 15 is 0 Å². The van der Waals surface area contributed by atoms with E-state index in [0.29, 0.717) is 92.5 Å². The van der Waals surface area contributed by atoms with Gasteiger partial charge in [0.15, 0.2) is 0 Å².